The van der Waals surface area contributed by atoms with Gasteiger partial charge in [0.25, 0.3) is 5.22 Å². The van der Waals surface area contributed by atoms with Crippen LogP contribution in [0.3, 0.4) is 0 Å². The number of aromatic hydroxyl groups is 1. The van der Waals surface area contributed by atoms with Crippen molar-refractivity contribution in [1.82, 2.24) is 10.2 Å². The molecule has 10 heteroatoms. The lowest BCUT2D eigenvalue weighted by molar-refractivity contribution is -0.131. The van der Waals surface area contributed by atoms with Gasteiger partial charge in [-0.25, -0.2) is 4.79 Å². The molecule has 0 amide bonds. The average Bonchev–Trinajstić information content (AvgIpc) is 3.07. The van der Waals surface area contributed by atoms with Gasteiger partial charge >= 0.3 is 5.97 Å². The highest BCUT2D eigenvalue weighted by atomic mass is 127. The first-order valence-electron chi connectivity index (χ1n) is 7.24. The van der Waals surface area contributed by atoms with Gasteiger partial charge in [0.05, 0.1) is 3.57 Å². The molecular weight excluding hydrogens is 526 g/mol. The molecule has 0 aliphatic heterocycles. The maximum Gasteiger partial charge on any atom is 0.342 e. The van der Waals surface area contributed by atoms with E-state index in [1.807, 2.05) is 22.6 Å². The molecule has 0 spiro atoms. The normalized spacial score (nSPS) is 11.6. The van der Waals surface area contributed by atoms with Crippen LogP contribution in [0.2, 0.25) is 10.0 Å². The second kappa shape index (κ2) is 8.51. The molecule has 0 aliphatic rings. The van der Waals surface area contributed by atoms with Gasteiger partial charge in [0.15, 0.2) is 0 Å². The van der Waals surface area contributed by atoms with Gasteiger partial charge in [0.2, 0.25) is 5.89 Å². The number of thioether (sulfide) groups is 1. The van der Waals surface area contributed by atoms with Gasteiger partial charge in [-0.2, -0.15) is 0 Å². The predicted octanol–water partition coefficient (Wildman–Crippen LogP) is 5.57. The maximum absolute atomic E-state index is 11.6. The Bertz CT molecular complexity index is 1040. The lowest BCUT2D eigenvalue weighted by Gasteiger charge is -2.05. The van der Waals surface area contributed by atoms with E-state index in [-0.39, 0.29) is 27.3 Å². The second-order valence-electron chi connectivity index (χ2n) is 5.12. The lowest BCUT2D eigenvalue weighted by atomic mass is 10.2. The summed E-state index contributed by atoms with van der Waals surface area (Å²) in [5.41, 5.74) is 0.927. The summed E-state index contributed by atoms with van der Waals surface area (Å²) < 4.78 is 6.01. The van der Waals surface area contributed by atoms with Crippen molar-refractivity contribution in [3.8, 4) is 17.2 Å². The van der Waals surface area contributed by atoms with Crippen LogP contribution in [0.25, 0.3) is 17.5 Å². The lowest BCUT2D eigenvalue weighted by Crippen LogP contribution is -1.97. The third-order valence-electron chi connectivity index (χ3n) is 3.25. The van der Waals surface area contributed by atoms with E-state index in [0.29, 0.717) is 19.2 Å². The highest BCUT2D eigenvalue weighted by Gasteiger charge is 2.17. The van der Waals surface area contributed by atoms with Crippen LogP contribution in [0.15, 0.2) is 50.9 Å². The van der Waals surface area contributed by atoms with Gasteiger partial charge in [-0.3, -0.25) is 0 Å². The van der Waals surface area contributed by atoms with Gasteiger partial charge in [-0.05, 0) is 76.8 Å². The molecule has 1 aromatic heterocycles. The molecular formula is C17H9Cl2IN2O4S. The van der Waals surface area contributed by atoms with E-state index in [0.717, 1.165) is 11.8 Å². The Balaban J connectivity index is 1.90. The number of hydrogen-bond donors (Lipinski definition) is 2. The Kier molecular flexibility index (Phi) is 6.30. The highest BCUT2D eigenvalue weighted by molar-refractivity contribution is 14.1. The molecule has 2 aromatic carbocycles. The molecule has 0 saturated heterocycles. The summed E-state index contributed by atoms with van der Waals surface area (Å²) >= 11 is 14.5. The van der Waals surface area contributed by atoms with Crippen LogP contribution in [0, 0.1) is 3.57 Å². The molecule has 0 unspecified atom stereocenters. The number of phenols is 1. The Morgan fingerprint density at radius 3 is 2.52 bits per heavy atom. The van der Waals surface area contributed by atoms with E-state index < -0.39 is 5.97 Å². The topological polar surface area (TPSA) is 96.5 Å². The molecule has 3 rings (SSSR count). The summed E-state index contributed by atoms with van der Waals surface area (Å²) in [6.07, 6.45) is 1.29. The molecule has 0 saturated carbocycles. The van der Waals surface area contributed by atoms with Crippen LogP contribution in [-0.2, 0) is 4.79 Å². The first kappa shape index (κ1) is 20.0. The quantitative estimate of drug-likeness (QED) is 0.251. The van der Waals surface area contributed by atoms with Crippen molar-refractivity contribution in [2.24, 2.45) is 0 Å². The zero-order chi connectivity index (χ0) is 19.6. The van der Waals surface area contributed by atoms with Crippen molar-refractivity contribution in [1.29, 1.82) is 0 Å². The minimum Gasteiger partial charge on any atom is -0.506 e. The summed E-state index contributed by atoms with van der Waals surface area (Å²) in [6, 6.07) is 9.82. The molecule has 6 nitrogen and oxygen atoms in total. The van der Waals surface area contributed by atoms with E-state index in [2.05, 4.69) is 10.2 Å². The molecule has 1 heterocycles. The third-order valence-corrected chi connectivity index (χ3v) is 5.39. The molecule has 27 heavy (non-hydrogen) atoms. The number of carboxylic acids is 1. The predicted molar refractivity (Wildman–Crippen MR) is 112 cm³/mol. The van der Waals surface area contributed by atoms with Crippen molar-refractivity contribution in [3.05, 3.63) is 60.5 Å². The Morgan fingerprint density at radius 2 is 1.85 bits per heavy atom. The van der Waals surface area contributed by atoms with Crippen LogP contribution in [-0.4, -0.2) is 26.4 Å². The van der Waals surface area contributed by atoms with E-state index >= 15 is 0 Å². The number of nitrogens with zero attached hydrogens (tertiary/aromatic N) is 2. The van der Waals surface area contributed by atoms with Gasteiger partial charge in [0, 0.05) is 21.2 Å². The maximum atomic E-state index is 11.6. The summed E-state index contributed by atoms with van der Waals surface area (Å²) in [5.74, 6) is -1.04. The zero-order valence-corrected chi connectivity index (χ0v) is 17.7. The number of carbonyl (C=O) groups is 1. The van der Waals surface area contributed by atoms with Gasteiger partial charge in [-0.1, -0.05) is 23.2 Å². The van der Waals surface area contributed by atoms with Gasteiger partial charge in [-0.15, -0.1) is 10.2 Å². The number of carboxylic acid groups (broad SMARTS) is 1. The Morgan fingerprint density at radius 1 is 1.15 bits per heavy atom. The van der Waals surface area contributed by atoms with Crippen molar-refractivity contribution in [2.75, 3.05) is 0 Å². The fraction of sp³-hybridized carbons (Fsp3) is 0. The van der Waals surface area contributed by atoms with E-state index in [4.69, 9.17) is 27.6 Å². The standard InChI is InChI=1S/C17H9Cl2IN2O4S/c18-10-3-1-8(2-4-10)15-21-22-17(26-15)27-13(16(24)25)6-9-5-11(19)7-12(20)14(9)23/h1-7,23H,(H,24,25)/b13-6-. The molecule has 0 bridgehead atoms. The van der Waals surface area contributed by atoms with Gasteiger partial charge in [0.1, 0.15) is 10.7 Å². The molecule has 2 N–H and O–H groups in total. The first-order chi connectivity index (χ1) is 12.8. The third kappa shape index (κ3) is 4.95. The number of rotatable bonds is 5. The monoisotopic (exact) mass is 534 g/mol. The van der Waals surface area contributed by atoms with Crippen molar-refractivity contribution in [3.63, 3.8) is 0 Å². The van der Waals surface area contributed by atoms with Crippen molar-refractivity contribution in [2.45, 2.75) is 5.22 Å². The minimum absolute atomic E-state index is 0.0461. The number of halogens is 3. The van der Waals surface area contributed by atoms with Gasteiger partial charge < -0.3 is 14.6 Å². The number of benzene rings is 2. The summed E-state index contributed by atoms with van der Waals surface area (Å²) in [5, 5.41) is 28.3. The number of aromatic nitrogens is 2. The molecule has 0 aliphatic carbocycles. The van der Waals surface area contributed by atoms with Crippen LogP contribution in [0.5, 0.6) is 5.75 Å². The number of phenolic OH excluding ortho intramolecular Hbond substituents is 1. The number of aliphatic carboxylic acids is 1. The SMILES string of the molecule is O=C(O)/C(=C/c1cc(Cl)cc(I)c1O)Sc1nnc(-c2ccc(Cl)cc2)o1. The summed E-state index contributed by atoms with van der Waals surface area (Å²) in [4.78, 5) is 11.5. The number of hydrogen-bond acceptors (Lipinski definition) is 6. The first-order valence-corrected chi connectivity index (χ1v) is 9.89. The molecule has 138 valence electrons. The van der Waals surface area contributed by atoms with Crippen molar-refractivity contribution < 1.29 is 19.4 Å². The average molecular weight is 535 g/mol. The Labute approximate surface area is 181 Å². The highest BCUT2D eigenvalue weighted by Crippen LogP contribution is 2.34. The van der Waals surface area contributed by atoms with E-state index in [1.165, 1.54) is 12.1 Å². The largest absolute Gasteiger partial charge is 0.506 e. The molecule has 0 fully saturated rings. The van der Waals surface area contributed by atoms with Crippen LogP contribution in [0.1, 0.15) is 5.56 Å². The van der Waals surface area contributed by atoms with Crippen LogP contribution >= 0.6 is 57.6 Å². The minimum atomic E-state index is -1.21. The fourth-order valence-electron chi connectivity index (χ4n) is 2.03. The van der Waals surface area contributed by atoms with Crippen LogP contribution < -0.4 is 0 Å². The molecule has 0 radical (unpaired) electrons. The van der Waals surface area contributed by atoms with Crippen LogP contribution in [0.4, 0.5) is 0 Å². The van der Waals surface area contributed by atoms with E-state index in [9.17, 15) is 15.0 Å². The fourth-order valence-corrected chi connectivity index (χ4v) is 3.87. The van der Waals surface area contributed by atoms with Crippen molar-refractivity contribution >= 4 is 69.6 Å². The smallest absolute Gasteiger partial charge is 0.342 e. The molecule has 3 aromatic rings. The second-order valence-corrected chi connectivity index (χ2v) is 8.15. The zero-order valence-electron chi connectivity index (χ0n) is 13.2. The Hall–Kier alpha value is -1.75. The summed E-state index contributed by atoms with van der Waals surface area (Å²) in [6.45, 7) is 0. The summed E-state index contributed by atoms with van der Waals surface area (Å²) in [7, 11) is 0. The molecule has 0 atom stereocenters. The van der Waals surface area contributed by atoms with E-state index in [1.54, 1.807) is 30.3 Å².